The van der Waals surface area contributed by atoms with Crippen molar-refractivity contribution in [2.24, 2.45) is 0 Å². The van der Waals surface area contributed by atoms with E-state index in [1.165, 1.54) is 12.3 Å². The second kappa shape index (κ2) is 5.42. The number of anilines is 3. The SMILES string of the molecule is N#Cc1cnc(Nc2cc(N)ccc2Cl)c([N+](=O)[O-])c1. The average Bonchev–Trinajstić information content (AvgIpc) is 2.43. The van der Waals surface area contributed by atoms with Crippen molar-refractivity contribution in [3.05, 3.63) is 51.2 Å². The summed E-state index contributed by atoms with van der Waals surface area (Å²) in [7, 11) is 0. The molecule has 100 valence electrons. The van der Waals surface area contributed by atoms with Crippen molar-refractivity contribution in [2.45, 2.75) is 0 Å². The molecule has 0 amide bonds. The van der Waals surface area contributed by atoms with Crippen molar-refractivity contribution in [3.8, 4) is 6.07 Å². The molecule has 20 heavy (non-hydrogen) atoms. The summed E-state index contributed by atoms with van der Waals surface area (Å²) in [5, 5.41) is 22.8. The Morgan fingerprint density at radius 3 is 2.85 bits per heavy atom. The third-order valence-corrected chi connectivity index (χ3v) is 2.77. The first-order valence-electron chi connectivity index (χ1n) is 5.38. The number of rotatable bonds is 3. The van der Waals surface area contributed by atoms with Gasteiger partial charge >= 0.3 is 5.69 Å². The van der Waals surface area contributed by atoms with Gasteiger partial charge in [0.05, 0.1) is 21.2 Å². The van der Waals surface area contributed by atoms with Crippen LogP contribution in [0.25, 0.3) is 0 Å². The molecule has 0 spiro atoms. The normalized spacial score (nSPS) is 9.80. The van der Waals surface area contributed by atoms with E-state index in [-0.39, 0.29) is 17.1 Å². The molecule has 2 aromatic rings. The molecule has 0 unspecified atom stereocenters. The number of pyridine rings is 1. The molecule has 0 fully saturated rings. The van der Waals surface area contributed by atoms with Gasteiger partial charge in [-0.3, -0.25) is 10.1 Å². The standard InChI is InChI=1S/C12H8ClN5O2/c13-9-2-1-8(15)4-10(9)17-12-11(18(19)20)3-7(5-14)6-16-12/h1-4,6H,15H2,(H,16,17). The minimum Gasteiger partial charge on any atom is -0.399 e. The monoisotopic (exact) mass is 289 g/mol. The molecule has 0 bridgehead atoms. The fourth-order valence-electron chi connectivity index (χ4n) is 1.52. The van der Waals surface area contributed by atoms with Gasteiger partial charge in [0, 0.05) is 18.0 Å². The van der Waals surface area contributed by atoms with Crippen molar-refractivity contribution in [2.75, 3.05) is 11.1 Å². The topological polar surface area (TPSA) is 118 Å². The van der Waals surface area contributed by atoms with E-state index in [1.807, 2.05) is 0 Å². The average molecular weight is 290 g/mol. The first kappa shape index (κ1) is 13.6. The minimum atomic E-state index is -0.629. The molecule has 2 rings (SSSR count). The van der Waals surface area contributed by atoms with Gasteiger partial charge in [0.1, 0.15) is 6.07 Å². The Labute approximate surface area is 118 Å². The Hall–Kier alpha value is -2.85. The molecule has 0 aliphatic rings. The molecule has 0 aliphatic carbocycles. The van der Waals surface area contributed by atoms with Crippen molar-refractivity contribution < 1.29 is 4.92 Å². The highest BCUT2D eigenvalue weighted by Gasteiger charge is 2.17. The molecule has 0 saturated carbocycles. The van der Waals surface area contributed by atoms with Gasteiger partial charge in [-0.05, 0) is 18.2 Å². The summed E-state index contributed by atoms with van der Waals surface area (Å²) in [5.41, 5.74) is 6.26. The summed E-state index contributed by atoms with van der Waals surface area (Å²) < 4.78 is 0. The Kier molecular flexibility index (Phi) is 3.68. The van der Waals surface area contributed by atoms with Gasteiger partial charge in [-0.25, -0.2) is 4.98 Å². The van der Waals surface area contributed by atoms with E-state index in [2.05, 4.69) is 10.3 Å². The second-order valence-electron chi connectivity index (χ2n) is 3.82. The predicted molar refractivity (Wildman–Crippen MR) is 74.8 cm³/mol. The van der Waals surface area contributed by atoms with E-state index in [0.29, 0.717) is 16.4 Å². The maximum atomic E-state index is 11.0. The van der Waals surface area contributed by atoms with Crippen LogP contribution < -0.4 is 11.1 Å². The molecule has 3 N–H and O–H groups in total. The first-order valence-corrected chi connectivity index (χ1v) is 5.75. The van der Waals surface area contributed by atoms with E-state index in [1.54, 1.807) is 18.2 Å². The highest BCUT2D eigenvalue weighted by atomic mass is 35.5. The van der Waals surface area contributed by atoms with E-state index < -0.39 is 4.92 Å². The van der Waals surface area contributed by atoms with Crippen LogP contribution >= 0.6 is 11.6 Å². The van der Waals surface area contributed by atoms with Crippen LogP contribution in [0, 0.1) is 21.4 Å². The van der Waals surface area contributed by atoms with E-state index in [0.717, 1.165) is 6.07 Å². The molecule has 0 saturated heterocycles. The number of nitrogens with one attached hydrogen (secondary N) is 1. The van der Waals surface area contributed by atoms with Crippen LogP contribution in [-0.4, -0.2) is 9.91 Å². The lowest BCUT2D eigenvalue weighted by Gasteiger charge is -2.08. The van der Waals surface area contributed by atoms with Gasteiger partial charge in [0.15, 0.2) is 0 Å². The molecule has 1 heterocycles. The number of nitrogens with zero attached hydrogens (tertiary/aromatic N) is 3. The van der Waals surface area contributed by atoms with E-state index in [4.69, 9.17) is 22.6 Å². The van der Waals surface area contributed by atoms with Gasteiger partial charge in [0.25, 0.3) is 0 Å². The maximum absolute atomic E-state index is 11.0. The van der Waals surface area contributed by atoms with E-state index in [9.17, 15) is 10.1 Å². The van der Waals surface area contributed by atoms with Crippen LogP contribution in [-0.2, 0) is 0 Å². The van der Waals surface area contributed by atoms with Crippen LogP contribution in [0.5, 0.6) is 0 Å². The molecule has 0 radical (unpaired) electrons. The van der Waals surface area contributed by atoms with Gasteiger partial charge in [-0.2, -0.15) is 5.26 Å². The molecular formula is C12H8ClN5O2. The van der Waals surface area contributed by atoms with Crippen LogP contribution in [0.15, 0.2) is 30.5 Å². The first-order chi connectivity index (χ1) is 9.51. The molecule has 0 aliphatic heterocycles. The van der Waals surface area contributed by atoms with Gasteiger partial charge in [0.2, 0.25) is 5.82 Å². The summed E-state index contributed by atoms with van der Waals surface area (Å²) in [6, 6.07) is 7.63. The number of nitro groups is 1. The highest BCUT2D eigenvalue weighted by Crippen LogP contribution is 2.31. The lowest BCUT2D eigenvalue weighted by atomic mass is 10.2. The van der Waals surface area contributed by atoms with Crippen LogP contribution in [0.1, 0.15) is 5.56 Å². The van der Waals surface area contributed by atoms with Gasteiger partial charge < -0.3 is 11.1 Å². The van der Waals surface area contributed by atoms with E-state index >= 15 is 0 Å². The summed E-state index contributed by atoms with van der Waals surface area (Å²) in [6.45, 7) is 0. The number of nitrogen functional groups attached to an aromatic ring is 1. The molecule has 8 heteroatoms. The number of benzene rings is 1. The van der Waals surface area contributed by atoms with Crippen LogP contribution in [0.4, 0.5) is 22.9 Å². The maximum Gasteiger partial charge on any atom is 0.313 e. The molecule has 1 aromatic heterocycles. The smallest absolute Gasteiger partial charge is 0.313 e. The Morgan fingerprint density at radius 2 is 2.20 bits per heavy atom. The zero-order valence-electron chi connectivity index (χ0n) is 10.0. The number of halogens is 1. The summed E-state index contributed by atoms with van der Waals surface area (Å²) in [4.78, 5) is 14.2. The quantitative estimate of drug-likeness (QED) is 0.509. The second-order valence-corrected chi connectivity index (χ2v) is 4.23. The summed E-state index contributed by atoms with van der Waals surface area (Å²) in [6.07, 6.45) is 1.23. The minimum absolute atomic E-state index is 0.0125. The number of nitriles is 1. The number of nitrogens with two attached hydrogens (primary N) is 1. The summed E-state index contributed by atoms with van der Waals surface area (Å²) in [5.74, 6) is -0.0125. The number of hydrogen-bond donors (Lipinski definition) is 2. The van der Waals surface area contributed by atoms with Crippen LogP contribution in [0.2, 0.25) is 5.02 Å². The molecule has 1 aromatic carbocycles. The molecule has 0 atom stereocenters. The number of hydrogen-bond acceptors (Lipinski definition) is 6. The Balaban J connectivity index is 2.46. The Morgan fingerprint density at radius 1 is 1.45 bits per heavy atom. The largest absolute Gasteiger partial charge is 0.399 e. The lowest BCUT2D eigenvalue weighted by Crippen LogP contribution is -2.01. The van der Waals surface area contributed by atoms with Gasteiger partial charge in [-0.1, -0.05) is 11.6 Å². The van der Waals surface area contributed by atoms with Crippen molar-refractivity contribution >= 4 is 34.5 Å². The highest BCUT2D eigenvalue weighted by molar-refractivity contribution is 6.33. The van der Waals surface area contributed by atoms with Gasteiger partial charge in [-0.15, -0.1) is 0 Å². The van der Waals surface area contributed by atoms with Crippen molar-refractivity contribution in [1.29, 1.82) is 5.26 Å². The Bertz CT molecular complexity index is 726. The zero-order chi connectivity index (χ0) is 14.7. The zero-order valence-corrected chi connectivity index (χ0v) is 10.8. The molecule has 7 nitrogen and oxygen atoms in total. The fourth-order valence-corrected chi connectivity index (χ4v) is 1.68. The van der Waals surface area contributed by atoms with Crippen molar-refractivity contribution in [3.63, 3.8) is 0 Å². The predicted octanol–water partition coefficient (Wildman–Crippen LogP) is 2.84. The third-order valence-electron chi connectivity index (χ3n) is 2.44. The van der Waals surface area contributed by atoms with Crippen LogP contribution in [0.3, 0.4) is 0 Å². The lowest BCUT2D eigenvalue weighted by molar-refractivity contribution is -0.384. The van der Waals surface area contributed by atoms with Crippen molar-refractivity contribution in [1.82, 2.24) is 4.98 Å². The number of aromatic nitrogens is 1. The molecular weight excluding hydrogens is 282 g/mol. The third kappa shape index (κ3) is 2.76. The summed E-state index contributed by atoms with van der Waals surface area (Å²) >= 11 is 5.97. The fraction of sp³-hybridized carbons (Fsp3) is 0.